The topological polar surface area (TPSA) is 60.7 Å². The Morgan fingerprint density at radius 1 is 0.303 bits per heavy atom. The summed E-state index contributed by atoms with van der Waals surface area (Å²) in [6.45, 7) is 11.5. The molecule has 0 aliphatic heterocycles. The first kappa shape index (κ1) is 22.5. The molecule has 0 unspecified atom stereocenters. The van der Waals surface area contributed by atoms with Gasteiger partial charge in [0.25, 0.3) is 0 Å². The lowest BCUT2D eigenvalue weighted by molar-refractivity contribution is 0.466. The van der Waals surface area contributed by atoms with Gasteiger partial charge in [0.1, 0.15) is 17.2 Å². The molecule has 0 saturated heterocycles. The quantitative estimate of drug-likeness (QED) is 0.308. The normalized spacial score (nSPS) is 11.1. The molecule has 0 radical (unpaired) electrons. The number of phenols is 3. The summed E-state index contributed by atoms with van der Waals surface area (Å²) in [6, 6.07) is 18.5. The summed E-state index contributed by atoms with van der Waals surface area (Å²) in [4.78, 5) is 0. The second kappa shape index (κ2) is 8.32. The highest BCUT2D eigenvalue weighted by atomic mass is 16.3. The maximum absolute atomic E-state index is 10.3. The molecule has 0 amide bonds. The maximum atomic E-state index is 10.3. The van der Waals surface area contributed by atoms with Gasteiger partial charge in [0.05, 0.1) is 0 Å². The van der Waals surface area contributed by atoms with Crippen LogP contribution in [0.5, 0.6) is 17.2 Å². The van der Waals surface area contributed by atoms with E-state index in [-0.39, 0.29) is 0 Å². The maximum Gasteiger partial charge on any atom is 0.121 e. The van der Waals surface area contributed by atoms with Gasteiger partial charge in [0, 0.05) is 0 Å². The highest BCUT2D eigenvalue weighted by molar-refractivity contribution is 5.83. The van der Waals surface area contributed by atoms with E-state index in [1.54, 1.807) is 0 Å². The number of rotatable bonds is 3. The van der Waals surface area contributed by atoms with E-state index in [1.165, 1.54) is 0 Å². The van der Waals surface area contributed by atoms with E-state index in [1.807, 2.05) is 77.9 Å². The van der Waals surface area contributed by atoms with Crippen LogP contribution in [0.3, 0.4) is 0 Å². The number of phenolic OH excluding ortho intramolecular Hbond substituents is 3. The molecule has 0 bridgehead atoms. The predicted molar refractivity (Wildman–Crippen MR) is 136 cm³/mol. The molecule has 3 nitrogen and oxygen atoms in total. The Balaban J connectivity index is 2.00. The molecular formula is C30H30O3. The molecule has 3 N–H and O–H groups in total. The summed E-state index contributed by atoms with van der Waals surface area (Å²) in [5.74, 6) is 0.971. The zero-order valence-corrected chi connectivity index (χ0v) is 20.0. The summed E-state index contributed by atoms with van der Waals surface area (Å²) < 4.78 is 0. The summed E-state index contributed by atoms with van der Waals surface area (Å²) >= 11 is 0. The minimum Gasteiger partial charge on any atom is -0.507 e. The van der Waals surface area contributed by atoms with Gasteiger partial charge >= 0.3 is 0 Å². The first-order chi connectivity index (χ1) is 15.5. The van der Waals surface area contributed by atoms with Gasteiger partial charge in [-0.05, 0) is 163 Å². The standard InChI is InChI=1S/C30H30O3/c1-16-7-22(8-17(2)28(16)31)25-13-26(23-9-18(3)29(32)19(4)10-23)15-27(14-25)24-11-20(5)30(33)21(6)12-24/h7-15,31-33H,1-6H3. The third-order valence-electron chi connectivity index (χ3n) is 6.41. The Labute approximate surface area is 195 Å². The van der Waals surface area contributed by atoms with E-state index in [4.69, 9.17) is 0 Å². The first-order valence-corrected chi connectivity index (χ1v) is 11.1. The Bertz CT molecular complexity index is 1140. The van der Waals surface area contributed by atoms with Gasteiger partial charge in [0.2, 0.25) is 0 Å². The van der Waals surface area contributed by atoms with Crippen molar-refractivity contribution in [3.8, 4) is 50.6 Å². The number of hydrogen-bond donors (Lipinski definition) is 3. The molecular weight excluding hydrogens is 408 g/mol. The third-order valence-corrected chi connectivity index (χ3v) is 6.41. The fraction of sp³-hybridized carbons (Fsp3) is 0.200. The molecule has 0 aliphatic carbocycles. The van der Waals surface area contributed by atoms with Crippen molar-refractivity contribution in [3.05, 3.63) is 88.0 Å². The average Bonchev–Trinajstić information content (AvgIpc) is 2.78. The van der Waals surface area contributed by atoms with E-state index in [2.05, 4.69) is 18.2 Å². The van der Waals surface area contributed by atoms with E-state index in [0.29, 0.717) is 17.2 Å². The second-order valence-electron chi connectivity index (χ2n) is 9.17. The minimum atomic E-state index is 0.324. The molecule has 33 heavy (non-hydrogen) atoms. The summed E-state index contributed by atoms with van der Waals surface area (Å²) in [6.07, 6.45) is 0. The van der Waals surface area contributed by atoms with Gasteiger partial charge in [-0.3, -0.25) is 0 Å². The lowest BCUT2D eigenvalue weighted by atomic mass is 9.90. The van der Waals surface area contributed by atoms with E-state index >= 15 is 0 Å². The fourth-order valence-corrected chi connectivity index (χ4v) is 4.50. The molecule has 0 spiro atoms. The van der Waals surface area contributed by atoms with Crippen LogP contribution in [0, 0.1) is 41.5 Å². The second-order valence-corrected chi connectivity index (χ2v) is 9.17. The van der Waals surface area contributed by atoms with Crippen LogP contribution in [-0.4, -0.2) is 15.3 Å². The molecule has 0 aliphatic rings. The zero-order valence-electron chi connectivity index (χ0n) is 20.0. The zero-order chi connectivity index (χ0) is 24.0. The van der Waals surface area contributed by atoms with Crippen molar-refractivity contribution in [1.82, 2.24) is 0 Å². The van der Waals surface area contributed by atoms with Crippen LogP contribution in [0.2, 0.25) is 0 Å². The molecule has 0 heterocycles. The molecule has 4 aromatic carbocycles. The van der Waals surface area contributed by atoms with Crippen LogP contribution in [0.25, 0.3) is 33.4 Å². The van der Waals surface area contributed by atoms with Crippen molar-refractivity contribution >= 4 is 0 Å². The van der Waals surface area contributed by atoms with Crippen LogP contribution in [0.4, 0.5) is 0 Å². The smallest absolute Gasteiger partial charge is 0.121 e. The van der Waals surface area contributed by atoms with Crippen molar-refractivity contribution in [3.63, 3.8) is 0 Å². The van der Waals surface area contributed by atoms with Gasteiger partial charge in [0.15, 0.2) is 0 Å². The Morgan fingerprint density at radius 2 is 0.455 bits per heavy atom. The number of aromatic hydroxyl groups is 3. The molecule has 0 aromatic heterocycles. The van der Waals surface area contributed by atoms with Crippen LogP contribution in [0.15, 0.2) is 54.6 Å². The average molecular weight is 439 g/mol. The summed E-state index contributed by atoms with van der Waals surface area (Å²) in [7, 11) is 0. The van der Waals surface area contributed by atoms with Crippen molar-refractivity contribution in [2.75, 3.05) is 0 Å². The molecule has 168 valence electrons. The van der Waals surface area contributed by atoms with E-state index < -0.39 is 0 Å². The molecule has 3 heteroatoms. The summed E-state index contributed by atoms with van der Waals surface area (Å²) in [5.41, 5.74) is 11.3. The van der Waals surface area contributed by atoms with Crippen molar-refractivity contribution in [2.45, 2.75) is 41.5 Å². The van der Waals surface area contributed by atoms with Crippen LogP contribution >= 0.6 is 0 Å². The highest BCUT2D eigenvalue weighted by Gasteiger charge is 2.13. The van der Waals surface area contributed by atoms with E-state index in [9.17, 15) is 15.3 Å². The first-order valence-electron chi connectivity index (χ1n) is 11.1. The predicted octanol–water partition coefficient (Wildman–Crippen LogP) is 7.65. The Morgan fingerprint density at radius 3 is 0.636 bits per heavy atom. The van der Waals surface area contributed by atoms with Gasteiger partial charge in [-0.2, -0.15) is 0 Å². The Kier molecular flexibility index (Phi) is 5.67. The number of aryl methyl sites for hydroxylation is 6. The van der Waals surface area contributed by atoms with Gasteiger partial charge in [-0.1, -0.05) is 0 Å². The van der Waals surface area contributed by atoms with Crippen molar-refractivity contribution < 1.29 is 15.3 Å². The lowest BCUT2D eigenvalue weighted by Gasteiger charge is -2.15. The third kappa shape index (κ3) is 4.19. The van der Waals surface area contributed by atoms with Crippen LogP contribution < -0.4 is 0 Å². The van der Waals surface area contributed by atoms with Crippen molar-refractivity contribution in [2.24, 2.45) is 0 Å². The van der Waals surface area contributed by atoms with Crippen LogP contribution in [0.1, 0.15) is 33.4 Å². The van der Waals surface area contributed by atoms with Crippen LogP contribution in [-0.2, 0) is 0 Å². The van der Waals surface area contributed by atoms with E-state index in [0.717, 1.165) is 66.8 Å². The fourth-order valence-electron chi connectivity index (χ4n) is 4.50. The highest BCUT2D eigenvalue weighted by Crippen LogP contribution is 2.38. The molecule has 0 fully saturated rings. The van der Waals surface area contributed by atoms with Gasteiger partial charge in [-0.15, -0.1) is 0 Å². The Hall–Kier alpha value is -3.72. The number of benzene rings is 4. The van der Waals surface area contributed by atoms with Gasteiger partial charge < -0.3 is 15.3 Å². The molecule has 4 rings (SSSR count). The lowest BCUT2D eigenvalue weighted by Crippen LogP contribution is -1.91. The SMILES string of the molecule is Cc1cc(-c2cc(-c3cc(C)c(O)c(C)c3)cc(-c3cc(C)c(O)c(C)c3)c2)cc(C)c1O. The molecule has 4 aromatic rings. The largest absolute Gasteiger partial charge is 0.507 e. The van der Waals surface area contributed by atoms with Crippen molar-refractivity contribution in [1.29, 1.82) is 0 Å². The van der Waals surface area contributed by atoms with Gasteiger partial charge in [-0.25, -0.2) is 0 Å². The molecule has 0 atom stereocenters. The minimum absolute atomic E-state index is 0.324. The monoisotopic (exact) mass is 438 g/mol. The number of hydrogen-bond acceptors (Lipinski definition) is 3. The summed E-state index contributed by atoms with van der Waals surface area (Å²) in [5, 5.41) is 30.8. The molecule has 0 saturated carbocycles.